The summed E-state index contributed by atoms with van der Waals surface area (Å²) in [7, 11) is 0. The highest BCUT2D eigenvalue weighted by atomic mass is 14.3. The molecule has 0 N–H and O–H groups in total. The van der Waals surface area contributed by atoms with Gasteiger partial charge in [0.2, 0.25) is 0 Å². The molecule has 0 saturated heterocycles. The van der Waals surface area contributed by atoms with E-state index in [1.54, 1.807) is 0 Å². The van der Waals surface area contributed by atoms with Gasteiger partial charge in [0.25, 0.3) is 0 Å². The summed E-state index contributed by atoms with van der Waals surface area (Å²) >= 11 is 0. The van der Waals surface area contributed by atoms with E-state index in [1.165, 1.54) is 24.8 Å². The maximum absolute atomic E-state index is 4.22. The smallest absolute Gasteiger partial charge is 0.0263 e. The van der Waals surface area contributed by atoms with Crippen LogP contribution in [0.25, 0.3) is 0 Å². The summed E-state index contributed by atoms with van der Waals surface area (Å²) < 4.78 is 0. The largest absolute Gasteiger partial charge is 0.0996 e. The van der Waals surface area contributed by atoms with Crippen LogP contribution >= 0.6 is 0 Å². The van der Waals surface area contributed by atoms with Crippen molar-refractivity contribution in [3.8, 4) is 0 Å². The van der Waals surface area contributed by atoms with E-state index in [0.717, 1.165) is 11.8 Å². The van der Waals surface area contributed by atoms with Gasteiger partial charge in [-0.3, -0.25) is 0 Å². The molecule has 0 aromatic heterocycles. The van der Waals surface area contributed by atoms with Crippen LogP contribution in [-0.4, -0.2) is 0 Å². The van der Waals surface area contributed by atoms with Crippen LogP contribution in [0.15, 0.2) is 12.2 Å². The topological polar surface area (TPSA) is 0 Å². The predicted molar refractivity (Wildman–Crippen MR) is 75.6 cm³/mol. The Morgan fingerprint density at radius 2 is 1.62 bits per heavy atom. The van der Waals surface area contributed by atoms with Gasteiger partial charge in [0, 0.05) is 0 Å². The molecule has 0 saturated carbocycles. The highest BCUT2D eigenvalue weighted by molar-refractivity contribution is 4.99. The standard InChI is InChI=1S/C16H32/c1-9-15(10-14(6)12(2)3)11-16(7,8)13(4)5/h12-13,15H,6,9-11H2,1-5,7-8H3. The second-order valence-electron chi connectivity index (χ2n) is 6.64. The maximum Gasteiger partial charge on any atom is -0.0263 e. The lowest BCUT2D eigenvalue weighted by Gasteiger charge is -2.33. The molecule has 0 heteroatoms. The van der Waals surface area contributed by atoms with E-state index in [-0.39, 0.29) is 0 Å². The Morgan fingerprint density at radius 1 is 1.12 bits per heavy atom. The molecule has 0 fully saturated rings. The van der Waals surface area contributed by atoms with E-state index in [4.69, 9.17) is 0 Å². The minimum absolute atomic E-state index is 0.456. The van der Waals surface area contributed by atoms with Gasteiger partial charge in [0.1, 0.15) is 0 Å². The summed E-state index contributed by atoms with van der Waals surface area (Å²) in [5.74, 6) is 2.21. The molecular weight excluding hydrogens is 192 g/mol. The predicted octanol–water partition coefficient (Wildman–Crippen LogP) is 5.69. The molecule has 0 amide bonds. The van der Waals surface area contributed by atoms with E-state index in [1.807, 2.05) is 0 Å². The lowest BCUT2D eigenvalue weighted by molar-refractivity contribution is 0.182. The fourth-order valence-corrected chi connectivity index (χ4v) is 1.95. The lowest BCUT2D eigenvalue weighted by Crippen LogP contribution is -2.23. The van der Waals surface area contributed by atoms with Crippen molar-refractivity contribution >= 4 is 0 Å². The SMILES string of the molecule is C=C(CC(CC)CC(C)(C)C(C)C)C(C)C. The third kappa shape index (κ3) is 5.18. The first kappa shape index (κ1) is 15.7. The summed E-state index contributed by atoms with van der Waals surface area (Å²) in [6.45, 7) is 20.5. The van der Waals surface area contributed by atoms with Gasteiger partial charge < -0.3 is 0 Å². The van der Waals surface area contributed by atoms with Crippen molar-refractivity contribution in [3.63, 3.8) is 0 Å². The zero-order valence-corrected chi connectivity index (χ0v) is 12.6. The van der Waals surface area contributed by atoms with Crippen LogP contribution < -0.4 is 0 Å². The Morgan fingerprint density at radius 3 is 1.94 bits per heavy atom. The number of rotatable bonds is 7. The van der Waals surface area contributed by atoms with E-state index < -0.39 is 0 Å². The molecule has 1 unspecified atom stereocenters. The third-order valence-corrected chi connectivity index (χ3v) is 4.32. The molecule has 0 aliphatic rings. The molecule has 0 aliphatic heterocycles. The summed E-state index contributed by atoms with van der Waals surface area (Å²) in [6.07, 6.45) is 3.82. The average molecular weight is 224 g/mol. The molecule has 0 aliphatic carbocycles. The van der Waals surface area contributed by atoms with Crippen LogP contribution in [-0.2, 0) is 0 Å². The van der Waals surface area contributed by atoms with Crippen LogP contribution in [0.3, 0.4) is 0 Å². The normalized spacial score (nSPS) is 14.6. The molecule has 96 valence electrons. The van der Waals surface area contributed by atoms with Crippen LogP contribution in [0.1, 0.15) is 67.7 Å². The van der Waals surface area contributed by atoms with Crippen molar-refractivity contribution in [2.24, 2.45) is 23.2 Å². The monoisotopic (exact) mass is 224 g/mol. The fourth-order valence-electron chi connectivity index (χ4n) is 1.95. The van der Waals surface area contributed by atoms with E-state index in [2.05, 4.69) is 55.0 Å². The van der Waals surface area contributed by atoms with Crippen molar-refractivity contribution in [2.75, 3.05) is 0 Å². The Bertz CT molecular complexity index is 208. The average Bonchev–Trinajstić information content (AvgIpc) is 2.15. The second kappa shape index (κ2) is 6.47. The first-order valence-electron chi connectivity index (χ1n) is 6.88. The molecule has 1 atom stereocenters. The Hall–Kier alpha value is -0.260. The van der Waals surface area contributed by atoms with E-state index in [0.29, 0.717) is 11.3 Å². The summed E-state index contributed by atoms with van der Waals surface area (Å²) in [5.41, 5.74) is 1.88. The van der Waals surface area contributed by atoms with Crippen molar-refractivity contribution in [2.45, 2.75) is 67.7 Å². The Balaban J connectivity index is 4.36. The number of allylic oxidation sites excluding steroid dienone is 1. The van der Waals surface area contributed by atoms with E-state index in [9.17, 15) is 0 Å². The summed E-state index contributed by atoms with van der Waals surface area (Å²) in [4.78, 5) is 0. The van der Waals surface area contributed by atoms with Gasteiger partial charge >= 0.3 is 0 Å². The molecule has 0 nitrogen and oxygen atoms in total. The van der Waals surface area contributed by atoms with Gasteiger partial charge in [0.05, 0.1) is 0 Å². The molecule has 16 heavy (non-hydrogen) atoms. The lowest BCUT2D eigenvalue weighted by atomic mass is 9.72. The van der Waals surface area contributed by atoms with Crippen LogP contribution in [0.2, 0.25) is 0 Å². The molecule has 0 aromatic carbocycles. The van der Waals surface area contributed by atoms with Gasteiger partial charge in [0.15, 0.2) is 0 Å². The summed E-state index contributed by atoms with van der Waals surface area (Å²) in [5, 5.41) is 0. The van der Waals surface area contributed by atoms with Crippen LogP contribution in [0, 0.1) is 23.2 Å². The van der Waals surface area contributed by atoms with Gasteiger partial charge in [-0.1, -0.05) is 67.0 Å². The Kier molecular flexibility index (Phi) is 6.36. The minimum Gasteiger partial charge on any atom is -0.0996 e. The molecule has 0 rings (SSSR count). The van der Waals surface area contributed by atoms with E-state index >= 15 is 0 Å². The fraction of sp³-hybridized carbons (Fsp3) is 0.875. The van der Waals surface area contributed by atoms with Crippen molar-refractivity contribution in [1.82, 2.24) is 0 Å². The quantitative estimate of drug-likeness (QED) is 0.487. The Labute approximate surface area is 104 Å². The van der Waals surface area contributed by atoms with Gasteiger partial charge in [-0.05, 0) is 36.0 Å². The second-order valence-corrected chi connectivity index (χ2v) is 6.64. The van der Waals surface area contributed by atoms with Gasteiger partial charge in [-0.2, -0.15) is 0 Å². The van der Waals surface area contributed by atoms with Crippen molar-refractivity contribution in [3.05, 3.63) is 12.2 Å². The zero-order valence-electron chi connectivity index (χ0n) is 12.6. The molecule has 0 heterocycles. The van der Waals surface area contributed by atoms with Crippen molar-refractivity contribution in [1.29, 1.82) is 0 Å². The van der Waals surface area contributed by atoms with Crippen molar-refractivity contribution < 1.29 is 0 Å². The highest BCUT2D eigenvalue weighted by Gasteiger charge is 2.26. The van der Waals surface area contributed by atoms with Crippen LogP contribution in [0.5, 0.6) is 0 Å². The molecule has 0 aromatic rings. The maximum atomic E-state index is 4.22. The molecular formula is C16H32. The van der Waals surface area contributed by atoms with Gasteiger partial charge in [-0.15, -0.1) is 0 Å². The highest BCUT2D eigenvalue weighted by Crippen LogP contribution is 2.37. The molecule has 0 radical (unpaired) electrons. The molecule has 0 spiro atoms. The zero-order chi connectivity index (χ0) is 12.9. The first-order chi connectivity index (χ1) is 7.20. The van der Waals surface area contributed by atoms with Gasteiger partial charge in [-0.25, -0.2) is 0 Å². The first-order valence-corrected chi connectivity index (χ1v) is 6.88. The molecule has 0 bridgehead atoms. The third-order valence-electron chi connectivity index (χ3n) is 4.32. The summed E-state index contributed by atoms with van der Waals surface area (Å²) in [6, 6.07) is 0. The number of hydrogen-bond donors (Lipinski definition) is 0. The number of hydrogen-bond acceptors (Lipinski definition) is 0. The minimum atomic E-state index is 0.456. The van der Waals surface area contributed by atoms with Crippen LogP contribution in [0.4, 0.5) is 0 Å².